The molecule has 0 saturated carbocycles. The number of para-hydroxylation sites is 1. The molecule has 0 bridgehead atoms. The monoisotopic (exact) mass is 404 g/mol. The van der Waals surface area contributed by atoms with Gasteiger partial charge in [-0.25, -0.2) is 9.69 Å². The predicted molar refractivity (Wildman–Crippen MR) is 104 cm³/mol. The number of carbonyl (C=O) groups excluding carboxylic acids is 3. The predicted octanol–water partition coefficient (Wildman–Crippen LogP) is 2.92. The molecule has 1 N–H and O–H groups in total. The van der Waals surface area contributed by atoms with Crippen LogP contribution in [0.2, 0.25) is 0 Å². The van der Waals surface area contributed by atoms with Crippen LogP contribution in [0.25, 0.3) is 17.4 Å². The first kappa shape index (κ1) is 18.7. The van der Waals surface area contributed by atoms with Crippen molar-refractivity contribution in [1.29, 1.82) is 0 Å². The number of nitrogens with zero attached hydrogens (tertiary/aromatic N) is 3. The number of nitrogens with one attached hydrogen (secondary N) is 1. The highest BCUT2D eigenvalue weighted by molar-refractivity contribution is 6.39. The highest BCUT2D eigenvalue weighted by atomic mass is 16.6. The minimum atomic E-state index is -0.893. The molecule has 1 aromatic carbocycles. The smallest absolute Gasteiger partial charge is 0.336 e. The van der Waals surface area contributed by atoms with Crippen LogP contribution in [0.4, 0.5) is 16.2 Å². The zero-order valence-corrected chi connectivity index (χ0v) is 15.1. The number of rotatable bonds is 4. The van der Waals surface area contributed by atoms with E-state index < -0.39 is 22.8 Å². The SMILES string of the molecule is O=C1NC(=O)N(c2cccnc2)C(=O)/C1=C\c1ccc(-c2ccccc2[N+](=O)[O-])o1. The number of aromatic nitrogens is 1. The summed E-state index contributed by atoms with van der Waals surface area (Å²) in [5.74, 6) is -1.42. The van der Waals surface area contributed by atoms with Crippen molar-refractivity contribution in [2.24, 2.45) is 0 Å². The van der Waals surface area contributed by atoms with Crippen LogP contribution in [0.3, 0.4) is 0 Å². The number of hydrogen-bond acceptors (Lipinski definition) is 7. The third-order valence-corrected chi connectivity index (χ3v) is 4.29. The van der Waals surface area contributed by atoms with Gasteiger partial charge in [0.15, 0.2) is 0 Å². The summed E-state index contributed by atoms with van der Waals surface area (Å²) in [6, 6.07) is 11.1. The van der Waals surface area contributed by atoms with E-state index in [0.717, 1.165) is 4.90 Å². The normalized spacial score (nSPS) is 15.4. The number of imide groups is 2. The van der Waals surface area contributed by atoms with Gasteiger partial charge < -0.3 is 4.42 Å². The number of benzene rings is 1. The van der Waals surface area contributed by atoms with Gasteiger partial charge in [-0.1, -0.05) is 12.1 Å². The van der Waals surface area contributed by atoms with Gasteiger partial charge in [0.1, 0.15) is 17.1 Å². The van der Waals surface area contributed by atoms with Crippen molar-refractivity contribution in [1.82, 2.24) is 10.3 Å². The number of nitro benzene ring substituents is 1. The van der Waals surface area contributed by atoms with E-state index in [0.29, 0.717) is 0 Å². The second-order valence-electron chi connectivity index (χ2n) is 6.15. The number of barbiturate groups is 1. The Balaban J connectivity index is 1.70. The molecule has 0 radical (unpaired) electrons. The molecule has 0 unspecified atom stereocenters. The topological polar surface area (TPSA) is 136 Å². The fourth-order valence-corrected chi connectivity index (χ4v) is 2.94. The Bertz CT molecular complexity index is 1210. The first-order valence-electron chi connectivity index (χ1n) is 8.61. The number of carbonyl (C=O) groups is 3. The first-order chi connectivity index (χ1) is 14.5. The molecule has 3 aromatic rings. The van der Waals surface area contributed by atoms with E-state index in [4.69, 9.17) is 4.42 Å². The number of amides is 4. The summed E-state index contributed by atoms with van der Waals surface area (Å²) in [6.45, 7) is 0. The van der Waals surface area contributed by atoms with Crippen LogP contribution in [-0.4, -0.2) is 27.8 Å². The molecule has 0 aliphatic carbocycles. The highest BCUT2D eigenvalue weighted by Gasteiger charge is 2.37. The van der Waals surface area contributed by atoms with Gasteiger partial charge in [-0.15, -0.1) is 0 Å². The van der Waals surface area contributed by atoms with E-state index in [2.05, 4.69) is 10.3 Å². The number of urea groups is 1. The van der Waals surface area contributed by atoms with E-state index in [9.17, 15) is 24.5 Å². The Morgan fingerprint density at radius 2 is 1.87 bits per heavy atom. The largest absolute Gasteiger partial charge is 0.456 e. The van der Waals surface area contributed by atoms with Crippen LogP contribution in [0.15, 0.2) is 70.9 Å². The summed E-state index contributed by atoms with van der Waals surface area (Å²) in [4.78, 5) is 52.5. The number of anilines is 1. The summed E-state index contributed by atoms with van der Waals surface area (Å²) >= 11 is 0. The van der Waals surface area contributed by atoms with Crippen molar-refractivity contribution in [3.8, 4) is 11.3 Å². The Hall–Kier alpha value is -4.60. The third kappa shape index (κ3) is 3.33. The van der Waals surface area contributed by atoms with Gasteiger partial charge in [0.2, 0.25) is 0 Å². The number of hydrogen-bond donors (Lipinski definition) is 1. The molecule has 4 rings (SSSR count). The second kappa shape index (κ2) is 7.43. The maximum absolute atomic E-state index is 12.8. The first-order valence-corrected chi connectivity index (χ1v) is 8.61. The lowest BCUT2D eigenvalue weighted by Gasteiger charge is -2.25. The molecule has 30 heavy (non-hydrogen) atoms. The molecule has 148 valence electrons. The molecule has 10 nitrogen and oxygen atoms in total. The molecule has 2 aromatic heterocycles. The Morgan fingerprint density at radius 1 is 1.07 bits per heavy atom. The zero-order chi connectivity index (χ0) is 21.3. The number of nitro groups is 1. The van der Waals surface area contributed by atoms with Gasteiger partial charge in [0.25, 0.3) is 17.5 Å². The van der Waals surface area contributed by atoms with Gasteiger partial charge in [-0.2, -0.15) is 0 Å². The average molecular weight is 404 g/mol. The van der Waals surface area contributed by atoms with Gasteiger partial charge in [0, 0.05) is 12.3 Å². The Kier molecular flexibility index (Phi) is 4.64. The summed E-state index contributed by atoms with van der Waals surface area (Å²) in [5, 5.41) is 13.3. The van der Waals surface area contributed by atoms with Crippen LogP contribution in [0, 0.1) is 10.1 Å². The van der Waals surface area contributed by atoms with E-state index in [1.807, 2.05) is 0 Å². The molecule has 1 aliphatic rings. The zero-order valence-electron chi connectivity index (χ0n) is 15.1. The molecule has 4 amide bonds. The molecule has 0 atom stereocenters. The Morgan fingerprint density at radius 3 is 2.60 bits per heavy atom. The quantitative estimate of drug-likeness (QED) is 0.306. The van der Waals surface area contributed by atoms with Gasteiger partial charge in [-0.3, -0.25) is 30.0 Å². The molecule has 0 spiro atoms. The van der Waals surface area contributed by atoms with Gasteiger partial charge >= 0.3 is 6.03 Å². The summed E-state index contributed by atoms with van der Waals surface area (Å²) in [7, 11) is 0. The maximum Gasteiger partial charge on any atom is 0.336 e. The van der Waals surface area contributed by atoms with Crippen LogP contribution in [0.1, 0.15) is 5.76 Å². The summed E-state index contributed by atoms with van der Waals surface area (Å²) < 4.78 is 5.60. The average Bonchev–Trinajstić information content (AvgIpc) is 3.20. The number of pyridine rings is 1. The van der Waals surface area contributed by atoms with Crippen molar-refractivity contribution in [3.63, 3.8) is 0 Å². The highest BCUT2D eigenvalue weighted by Crippen LogP contribution is 2.31. The van der Waals surface area contributed by atoms with Crippen molar-refractivity contribution in [3.05, 3.63) is 82.4 Å². The van der Waals surface area contributed by atoms with E-state index in [1.165, 1.54) is 54.9 Å². The lowest BCUT2D eigenvalue weighted by Crippen LogP contribution is -2.54. The second-order valence-corrected chi connectivity index (χ2v) is 6.15. The Labute approximate surface area is 168 Å². The van der Waals surface area contributed by atoms with Crippen LogP contribution < -0.4 is 10.2 Å². The van der Waals surface area contributed by atoms with Gasteiger partial charge in [-0.05, 0) is 36.4 Å². The molecular formula is C20H12N4O6. The van der Waals surface area contributed by atoms with Crippen molar-refractivity contribution in [2.75, 3.05) is 4.90 Å². The van der Waals surface area contributed by atoms with E-state index in [1.54, 1.807) is 12.1 Å². The van der Waals surface area contributed by atoms with Crippen molar-refractivity contribution < 1.29 is 23.7 Å². The fraction of sp³-hybridized carbons (Fsp3) is 0. The molecule has 1 fully saturated rings. The molecule has 10 heteroatoms. The minimum absolute atomic E-state index is 0.113. The van der Waals surface area contributed by atoms with Crippen molar-refractivity contribution in [2.45, 2.75) is 0 Å². The maximum atomic E-state index is 12.8. The van der Waals surface area contributed by atoms with Gasteiger partial charge in [0.05, 0.1) is 22.4 Å². The lowest BCUT2D eigenvalue weighted by atomic mass is 10.1. The number of furan rings is 1. The van der Waals surface area contributed by atoms with E-state index >= 15 is 0 Å². The molecule has 1 saturated heterocycles. The van der Waals surface area contributed by atoms with Crippen molar-refractivity contribution >= 4 is 35.3 Å². The van der Waals surface area contributed by atoms with E-state index in [-0.39, 0.29) is 34.0 Å². The summed E-state index contributed by atoms with van der Waals surface area (Å²) in [5.41, 5.74) is -0.0371. The minimum Gasteiger partial charge on any atom is -0.456 e. The molecule has 3 heterocycles. The molecule has 1 aliphatic heterocycles. The van der Waals surface area contributed by atoms with Crippen LogP contribution in [0.5, 0.6) is 0 Å². The van der Waals surface area contributed by atoms with Crippen LogP contribution in [-0.2, 0) is 9.59 Å². The fourth-order valence-electron chi connectivity index (χ4n) is 2.94. The van der Waals surface area contributed by atoms with Crippen LogP contribution >= 0.6 is 0 Å². The third-order valence-electron chi connectivity index (χ3n) is 4.29. The lowest BCUT2D eigenvalue weighted by molar-refractivity contribution is -0.384. The summed E-state index contributed by atoms with van der Waals surface area (Å²) in [6.07, 6.45) is 3.96. The standard InChI is InChI=1S/C20H12N4O6/c25-18-15(19(26)23(20(27)22-18)12-4-3-9-21-11-12)10-13-7-8-17(30-13)14-5-1-2-6-16(14)24(28)29/h1-11H,(H,22,25,27)/b15-10-. The molecular weight excluding hydrogens is 392 g/mol.